The Bertz CT molecular complexity index is 799. The Morgan fingerprint density at radius 3 is 2.33 bits per heavy atom. The van der Waals surface area contributed by atoms with Crippen LogP contribution in [-0.2, 0) is 4.79 Å². The molecule has 1 atom stereocenters. The number of aryl methyl sites for hydroxylation is 2. The molecule has 1 N–H and O–H groups in total. The van der Waals surface area contributed by atoms with Gasteiger partial charge >= 0.3 is 0 Å². The highest BCUT2D eigenvalue weighted by Crippen LogP contribution is 2.33. The smallest absolute Gasteiger partial charge is 0.168 e. The zero-order chi connectivity index (χ0) is 17.1. The second-order valence-corrected chi connectivity index (χ2v) is 6.40. The van der Waals surface area contributed by atoms with Crippen molar-refractivity contribution in [2.24, 2.45) is 4.99 Å². The number of aliphatic hydroxyl groups excluding tert-OH is 1. The fourth-order valence-corrected chi connectivity index (χ4v) is 3.18. The highest BCUT2D eigenvalue weighted by atomic mass is 16.3. The fourth-order valence-electron chi connectivity index (χ4n) is 3.18. The second-order valence-electron chi connectivity index (χ2n) is 6.40. The van der Waals surface area contributed by atoms with E-state index in [1.807, 2.05) is 56.3 Å². The number of Topliss-reactive ketones (excluding diaryl/α,β-unsaturated/α-hetero) is 1. The Kier molecular flexibility index (Phi) is 4.61. The number of allylic oxidation sites excluding steroid dienone is 2. The Labute approximate surface area is 142 Å². The lowest BCUT2D eigenvalue weighted by Gasteiger charge is -2.22. The molecular weight excluding hydrogens is 298 g/mol. The van der Waals surface area contributed by atoms with Gasteiger partial charge < -0.3 is 5.11 Å². The molecule has 3 heteroatoms. The molecule has 3 nitrogen and oxygen atoms in total. The van der Waals surface area contributed by atoms with Crippen LogP contribution >= 0.6 is 0 Å². The molecule has 0 aromatic heterocycles. The number of aliphatic hydroxyl groups is 1. The second kappa shape index (κ2) is 6.83. The molecule has 0 spiro atoms. The molecule has 3 rings (SSSR count). The van der Waals surface area contributed by atoms with Crippen LogP contribution in [-0.4, -0.2) is 17.1 Å². The number of hydrogen-bond donors (Lipinski definition) is 1. The topological polar surface area (TPSA) is 49.7 Å². The van der Waals surface area contributed by atoms with Crippen molar-refractivity contribution in [1.29, 1.82) is 0 Å². The van der Waals surface area contributed by atoms with Gasteiger partial charge in [-0.3, -0.25) is 9.79 Å². The minimum atomic E-state index is -0.0549. The summed E-state index contributed by atoms with van der Waals surface area (Å²) in [5, 5.41) is 10.3. The Hall–Kier alpha value is -2.68. The maximum atomic E-state index is 12.4. The van der Waals surface area contributed by atoms with Crippen molar-refractivity contribution < 1.29 is 9.90 Å². The molecule has 0 saturated carbocycles. The maximum absolute atomic E-state index is 12.4. The summed E-state index contributed by atoms with van der Waals surface area (Å²) >= 11 is 0. The van der Waals surface area contributed by atoms with Gasteiger partial charge in [0, 0.05) is 19.1 Å². The quantitative estimate of drug-likeness (QED) is 0.812. The molecule has 122 valence electrons. The van der Waals surface area contributed by atoms with Crippen molar-refractivity contribution in [2.45, 2.75) is 32.6 Å². The van der Waals surface area contributed by atoms with Gasteiger partial charge in [0.05, 0.1) is 11.3 Å². The van der Waals surface area contributed by atoms with Gasteiger partial charge in [-0.2, -0.15) is 0 Å². The van der Waals surface area contributed by atoms with E-state index in [2.05, 4.69) is 11.1 Å². The first-order chi connectivity index (χ1) is 11.5. The Balaban J connectivity index is 1.83. The van der Waals surface area contributed by atoms with E-state index in [-0.39, 0.29) is 17.5 Å². The zero-order valence-electron chi connectivity index (χ0n) is 14.0. The molecule has 2 aromatic rings. The summed E-state index contributed by atoms with van der Waals surface area (Å²) in [6, 6.07) is 15.9. The van der Waals surface area contributed by atoms with Crippen LogP contribution in [0.5, 0.6) is 0 Å². The lowest BCUT2D eigenvalue weighted by molar-refractivity contribution is -0.116. The third-order valence-electron chi connectivity index (χ3n) is 4.30. The molecule has 0 aliphatic heterocycles. The number of nitrogens with zero attached hydrogens (tertiary/aromatic N) is 1. The molecule has 1 aliphatic carbocycles. The van der Waals surface area contributed by atoms with Crippen LogP contribution in [0.3, 0.4) is 0 Å². The van der Waals surface area contributed by atoms with Crippen molar-refractivity contribution in [3.63, 3.8) is 0 Å². The van der Waals surface area contributed by atoms with Crippen molar-refractivity contribution in [1.82, 2.24) is 0 Å². The Morgan fingerprint density at radius 2 is 1.71 bits per heavy atom. The van der Waals surface area contributed by atoms with Gasteiger partial charge in [0.25, 0.3) is 0 Å². The lowest BCUT2D eigenvalue weighted by atomic mass is 9.83. The molecule has 0 bridgehead atoms. The summed E-state index contributed by atoms with van der Waals surface area (Å²) in [5.74, 6) is 0.117. The van der Waals surface area contributed by atoms with Crippen molar-refractivity contribution in [2.75, 3.05) is 0 Å². The van der Waals surface area contributed by atoms with Gasteiger partial charge in [0.2, 0.25) is 0 Å². The van der Waals surface area contributed by atoms with Gasteiger partial charge in [-0.05, 0) is 48.6 Å². The largest absolute Gasteiger partial charge is 0.511 e. The van der Waals surface area contributed by atoms with Crippen LogP contribution in [0.1, 0.15) is 35.4 Å². The predicted molar refractivity (Wildman–Crippen MR) is 97.1 cm³/mol. The van der Waals surface area contributed by atoms with Crippen LogP contribution in [0.4, 0.5) is 5.69 Å². The molecule has 0 amide bonds. The van der Waals surface area contributed by atoms with Crippen LogP contribution in [0.15, 0.2) is 64.9 Å². The molecule has 0 heterocycles. The number of carbonyl (C=O) groups excluding carboxylic acids is 1. The first-order valence-corrected chi connectivity index (χ1v) is 8.15. The monoisotopic (exact) mass is 319 g/mol. The summed E-state index contributed by atoms with van der Waals surface area (Å²) < 4.78 is 0. The summed E-state index contributed by atoms with van der Waals surface area (Å²) in [6.07, 6.45) is 2.39. The zero-order valence-corrected chi connectivity index (χ0v) is 14.0. The van der Waals surface area contributed by atoms with Gasteiger partial charge in [-0.25, -0.2) is 0 Å². The van der Waals surface area contributed by atoms with Gasteiger partial charge in [-0.15, -0.1) is 0 Å². The summed E-state index contributed by atoms with van der Waals surface area (Å²) in [6.45, 7) is 4.03. The number of aliphatic imine (C=N–C) groups is 1. The molecule has 2 aromatic carbocycles. The highest BCUT2D eigenvalue weighted by Gasteiger charge is 2.27. The first-order valence-electron chi connectivity index (χ1n) is 8.15. The van der Waals surface area contributed by atoms with E-state index >= 15 is 0 Å². The Morgan fingerprint density at radius 1 is 1.04 bits per heavy atom. The van der Waals surface area contributed by atoms with E-state index in [1.54, 1.807) is 0 Å². The van der Waals surface area contributed by atoms with Crippen molar-refractivity contribution in [3.8, 4) is 0 Å². The molecule has 24 heavy (non-hydrogen) atoms. The van der Waals surface area contributed by atoms with Gasteiger partial charge in [0.1, 0.15) is 5.76 Å². The lowest BCUT2D eigenvalue weighted by Crippen LogP contribution is -2.19. The van der Waals surface area contributed by atoms with E-state index in [0.717, 1.165) is 22.4 Å². The van der Waals surface area contributed by atoms with Crippen LogP contribution in [0.25, 0.3) is 0 Å². The number of hydrogen-bond acceptors (Lipinski definition) is 3. The third kappa shape index (κ3) is 3.62. The van der Waals surface area contributed by atoms with E-state index in [9.17, 15) is 9.90 Å². The SMILES string of the molecule is Cc1cc(C)cc(N=CC2=C(O)CC(c3ccccc3)CC2=O)c1. The van der Waals surface area contributed by atoms with E-state index in [1.165, 1.54) is 6.21 Å². The molecule has 0 fully saturated rings. The summed E-state index contributed by atoms with van der Waals surface area (Å²) in [5.41, 5.74) is 4.47. The van der Waals surface area contributed by atoms with E-state index in [4.69, 9.17) is 0 Å². The molecule has 1 unspecified atom stereocenters. The summed E-state index contributed by atoms with van der Waals surface area (Å²) in [7, 11) is 0. The number of ketones is 1. The first kappa shape index (κ1) is 16.2. The average Bonchev–Trinajstić information content (AvgIpc) is 2.54. The van der Waals surface area contributed by atoms with E-state index < -0.39 is 0 Å². The van der Waals surface area contributed by atoms with Crippen LogP contribution in [0, 0.1) is 13.8 Å². The van der Waals surface area contributed by atoms with Gasteiger partial charge in [-0.1, -0.05) is 36.4 Å². The number of carbonyl (C=O) groups is 1. The number of benzene rings is 2. The molecule has 0 saturated heterocycles. The predicted octanol–water partition coefficient (Wildman–Crippen LogP) is 4.96. The molecular formula is C21H21NO2. The third-order valence-corrected chi connectivity index (χ3v) is 4.30. The minimum absolute atomic E-state index is 0.0389. The minimum Gasteiger partial charge on any atom is -0.511 e. The maximum Gasteiger partial charge on any atom is 0.168 e. The average molecular weight is 319 g/mol. The highest BCUT2D eigenvalue weighted by molar-refractivity contribution is 6.15. The molecule has 1 aliphatic rings. The summed E-state index contributed by atoms with van der Waals surface area (Å²) in [4.78, 5) is 16.8. The van der Waals surface area contributed by atoms with E-state index in [0.29, 0.717) is 18.4 Å². The van der Waals surface area contributed by atoms with Crippen LogP contribution < -0.4 is 0 Å². The normalized spacial score (nSPS) is 18.4. The number of rotatable bonds is 3. The standard InChI is InChI=1S/C21H21NO2/c1-14-8-15(2)10-18(9-14)22-13-19-20(23)11-17(12-21(19)24)16-6-4-3-5-7-16/h3-10,13,17,23H,11-12H2,1-2H3. The van der Waals surface area contributed by atoms with Gasteiger partial charge in [0.15, 0.2) is 5.78 Å². The van der Waals surface area contributed by atoms with Crippen molar-refractivity contribution >= 4 is 17.7 Å². The van der Waals surface area contributed by atoms with Crippen molar-refractivity contribution in [3.05, 3.63) is 76.6 Å². The molecule has 0 radical (unpaired) electrons. The van der Waals surface area contributed by atoms with Crippen LogP contribution in [0.2, 0.25) is 0 Å². The fraction of sp³-hybridized carbons (Fsp3) is 0.238.